The van der Waals surface area contributed by atoms with E-state index in [1.807, 2.05) is 30.3 Å². The molecule has 0 atom stereocenters. The number of H-pyrrole nitrogens is 1. The van der Waals surface area contributed by atoms with Gasteiger partial charge in [0.2, 0.25) is 0 Å². The SMILES string of the molecule is Cc1cc(F)cc2[nH]c(C(=O)N3CCC(C(=O)O)(c4ccccc4)CC3)cc12. The molecule has 2 N–H and O–H groups in total. The predicted octanol–water partition coefficient (Wildman–Crippen LogP) is 3.87. The number of aliphatic carboxylic acids is 1. The maximum absolute atomic E-state index is 13.6. The number of carbonyl (C=O) groups excluding carboxylic acids is 1. The predicted molar refractivity (Wildman–Crippen MR) is 104 cm³/mol. The van der Waals surface area contributed by atoms with Gasteiger partial charge >= 0.3 is 5.97 Å². The molecule has 1 amide bonds. The molecule has 0 aliphatic carbocycles. The molecule has 0 bridgehead atoms. The number of rotatable bonds is 3. The van der Waals surface area contributed by atoms with Crippen LogP contribution in [0.1, 0.15) is 34.5 Å². The summed E-state index contributed by atoms with van der Waals surface area (Å²) >= 11 is 0. The highest BCUT2D eigenvalue weighted by Crippen LogP contribution is 2.36. The van der Waals surface area contributed by atoms with E-state index >= 15 is 0 Å². The Labute approximate surface area is 161 Å². The fourth-order valence-corrected chi connectivity index (χ4v) is 4.14. The number of fused-ring (bicyclic) bond motifs is 1. The first-order chi connectivity index (χ1) is 13.4. The van der Waals surface area contributed by atoms with Crippen LogP contribution in [0.3, 0.4) is 0 Å². The smallest absolute Gasteiger partial charge is 0.314 e. The number of hydrogen-bond donors (Lipinski definition) is 2. The molecule has 0 spiro atoms. The Morgan fingerprint density at radius 1 is 1.11 bits per heavy atom. The summed E-state index contributed by atoms with van der Waals surface area (Å²) in [6.45, 7) is 2.50. The van der Waals surface area contributed by atoms with Gasteiger partial charge in [0.25, 0.3) is 5.91 Å². The van der Waals surface area contributed by atoms with Crippen molar-refractivity contribution in [1.29, 1.82) is 0 Å². The van der Waals surface area contributed by atoms with Crippen LogP contribution in [0.5, 0.6) is 0 Å². The molecule has 3 aromatic rings. The molecule has 5 nitrogen and oxygen atoms in total. The van der Waals surface area contributed by atoms with Gasteiger partial charge in [-0.2, -0.15) is 0 Å². The average molecular weight is 380 g/mol. The third kappa shape index (κ3) is 2.95. The van der Waals surface area contributed by atoms with E-state index in [1.165, 1.54) is 12.1 Å². The number of hydrogen-bond acceptors (Lipinski definition) is 2. The molecule has 0 unspecified atom stereocenters. The molecule has 1 aromatic heterocycles. The van der Waals surface area contributed by atoms with E-state index in [2.05, 4.69) is 4.98 Å². The molecule has 1 saturated heterocycles. The van der Waals surface area contributed by atoms with Crippen LogP contribution in [0.15, 0.2) is 48.5 Å². The number of amides is 1. The number of aryl methyl sites for hydroxylation is 1. The van der Waals surface area contributed by atoms with Crippen LogP contribution in [0.25, 0.3) is 10.9 Å². The number of carboxylic acid groups (broad SMARTS) is 1. The quantitative estimate of drug-likeness (QED) is 0.724. The Morgan fingerprint density at radius 3 is 2.43 bits per heavy atom. The number of nitrogens with one attached hydrogen (secondary N) is 1. The minimum absolute atomic E-state index is 0.192. The number of aromatic amines is 1. The number of halogens is 1. The second kappa shape index (κ2) is 6.78. The number of carbonyl (C=O) groups is 2. The molecule has 144 valence electrons. The van der Waals surface area contributed by atoms with Crippen molar-refractivity contribution in [3.63, 3.8) is 0 Å². The lowest BCUT2D eigenvalue weighted by Gasteiger charge is -2.39. The van der Waals surface area contributed by atoms with Gasteiger partial charge in [-0.3, -0.25) is 9.59 Å². The molecule has 0 radical (unpaired) electrons. The molecule has 1 aliphatic heterocycles. The van der Waals surface area contributed by atoms with Gasteiger partial charge in [0.05, 0.1) is 5.41 Å². The maximum atomic E-state index is 13.6. The summed E-state index contributed by atoms with van der Waals surface area (Å²) in [7, 11) is 0. The van der Waals surface area contributed by atoms with Gasteiger partial charge < -0.3 is 15.0 Å². The zero-order valence-corrected chi connectivity index (χ0v) is 15.5. The van der Waals surface area contributed by atoms with Crippen LogP contribution in [-0.2, 0) is 10.2 Å². The first-order valence-corrected chi connectivity index (χ1v) is 9.28. The van der Waals surface area contributed by atoms with E-state index < -0.39 is 11.4 Å². The maximum Gasteiger partial charge on any atom is 0.314 e. The van der Waals surface area contributed by atoms with Gasteiger partial charge in [-0.05, 0) is 49.1 Å². The number of benzene rings is 2. The molecule has 6 heteroatoms. The number of nitrogens with zero attached hydrogens (tertiary/aromatic N) is 1. The lowest BCUT2D eigenvalue weighted by molar-refractivity contribution is -0.145. The van der Waals surface area contributed by atoms with Crippen molar-refractivity contribution >= 4 is 22.8 Å². The van der Waals surface area contributed by atoms with Crippen molar-refractivity contribution < 1.29 is 19.1 Å². The molecule has 4 rings (SSSR count). The normalized spacial score (nSPS) is 16.3. The average Bonchev–Trinajstić information content (AvgIpc) is 3.12. The van der Waals surface area contributed by atoms with Crippen LogP contribution in [0, 0.1) is 12.7 Å². The summed E-state index contributed by atoms with van der Waals surface area (Å²) in [4.78, 5) is 29.7. The van der Waals surface area contributed by atoms with E-state index in [0.717, 1.165) is 16.5 Å². The van der Waals surface area contributed by atoms with Crippen LogP contribution >= 0.6 is 0 Å². The first-order valence-electron chi connectivity index (χ1n) is 9.28. The second-order valence-corrected chi connectivity index (χ2v) is 7.41. The highest BCUT2D eigenvalue weighted by Gasteiger charge is 2.44. The summed E-state index contributed by atoms with van der Waals surface area (Å²) in [6, 6.07) is 13.8. The minimum Gasteiger partial charge on any atom is -0.481 e. The number of carboxylic acids is 1. The summed E-state index contributed by atoms with van der Waals surface area (Å²) in [5.41, 5.74) is 1.54. The molecule has 0 saturated carbocycles. The first kappa shape index (κ1) is 18.2. The topological polar surface area (TPSA) is 73.4 Å². The molecule has 1 fully saturated rings. The molecule has 2 heterocycles. The zero-order chi connectivity index (χ0) is 19.9. The van der Waals surface area contributed by atoms with E-state index in [0.29, 0.717) is 37.1 Å². The highest BCUT2D eigenvalue weighted by molar-refractivity contribution is 5.99. The van der Waals surface area contributed by atoms with Crippen molar-refractivity contribution in [3.05, 3.63) is 71.2 Å². The molecule has 28 heavy (non-hydrogen) atoms. The monoisotopic (exact) mass is 380 g/mol. The minimum atomic E-state index is -0.974. The number of piperidine rings is 1. The van der Waals surface area contributed by atoms with Gasteiger partial charge in [-0.15, -0.1) is 0 Å². The van der Waals surface area contributed by atoms with Gasteiger partial charge in [0.1, 0.15) is 11.5 Å². The van der Waals surface area contributed by atoms with Gasteiger partial charge in [0, 0.05) is 24.0 Å². The Bertz CT molecular complexity index is 1050. The van der Waals surface area contributed by atoms with E-state index in [-0.39, 0.29) is 11.7 Å². The standard InChI is InChI=1S/C22H21FN2O3/c1-14-11-16(23)12-18-17(14)13-19(24-18)20(26)25-9-7-22(8-10-25,21(27)28)15-5-3-2-4-6-15/h2-6,11-13,24H,7-10H2,1H3,(H,27,28). The van der Waals surface area contributed by atoms with Crippen molar-refractivity contribution in [3.8, 4) is 0 Å². The van der Waals surface area contributed by atoms with E-state index in [4.69, 9.17) is 0 Å². The highest BCUT2D eigenvalue weighted by atomic mass is 19.1. The zero-order valence-electron chi connectivity index (χ0n) is 15.5. The molecule has 2 aromatic carbocycles. The van der Waals surface area contributed by atoms with Gasteiger partial charge in [-0.25, -0.2) is 4.39 Å². The van der Waals surface area contributed by atoms with Crippen LogP contribution in [-0.4, -0.2) is 40.0 Å². The summed E-state index contributed by atoms with van der Waals surface area (Å²) in [5, 5.41) is 10.7. The van der Waals surface area contributed by atoms with Crippen molar-refractivity contribution in [2.24, 2.45) is 0 Å². The largest absolute Gasteiger partial charge is 0.481 e. The van der Waals surface area contributed by atoms with Crippen molar-refractivity contribution in [1.82, 2.24) is 9.88 Å². The third-order valence-corrected chi connectivity index (χ3v) is 5.78. The van der Waals surface area contributed by atoms with Crippen LogP contribution < -0.4 is 0 Å². The van der Waals surface area contributed by atoms with E-state index in [9.17, 15) is 19.1 Å². The fourth-order valence-electron chi connectivity index (χ4n) is 4.14. The Kier molecular flexibility index (Phi) is 4.41. The molecular formula is C22H21FN2O3. The summed E-state index contributed by atoms with van der Waals surface area (Å²) in [5.74, 6) is -1.40. The fraction of sp³-hybridized carbons (Fsp3) is 0.273. The lowest BCUT2D eigenvalue weighted by Crippen LogP contribution is -2.49. The Morgan fingerprint density at radius 2 is 1.79 bits per heavy atom. The van der Waals surface area contributed by atoms with Crippen molar-refractivity contribution in [2.75, 3.05) is 13.1 Å². The van der Waals surface area contributed by atoms with Gasteiger partial charge in [-0.1, -0.05) is 30.3 Å². The summed E-state index contributed by atoms with van der Waals surface area (Å²) in [6.07, 6.45) is 0.706. The van der Waals surface area contributed by atoms with Gasteiger partial charge in [0.15, 0.2) is 0 Å². The van der Waals surface area contributed by atoms with Crippen LogP contribution in [0.2, 0.25) is 0 Å². The lowest BCUT2D eigenvalue weighted by atomic mass is 9.73. The number of likely N-dealkylation sites (tertiary alicyclic amines) is 1. The Balaban J connectivity index is 1.57. The Hall–Kier alpha value is -3.15. The van der Waals surface area contributed by atoms with Crippen LogP contribution in [0.4, 0.5) is 4.39 Å². The third-order valence-electron chi connectivity index (χ3n) is 5.78. The van der Waals surface area contributed by atoms with E-state index in [1.54, 1.807) is 17.9 Å². The van der Waals surface area contributed by atoms with Crippen molar-refractivity contribution in [2.45, 2.75) is 25.2 Å². The second-order valence-electron chi connectivity index (χ2n) is 7.41. The molecule has 1 aliphatic rings. The number of aromatic nitrogens is 1. The molecular weight excluding hydrogens is 359 g/mol. The summed E-state index contributed by atoms with van der Waals surface area (Å²) < 4.78 is 13.6.